The summed E-state index contributed by atoms with van der Waals surface area (Å²) in [5.74, 6) is -12.2. The maximum Gasteiger partial charge on any atom is 0.175 e. The molecule has 6 N–H and O–H groups in total. The first kappa shape index (κ1) is 23.6. The molecule has 4 bridgehead atoms. The fourth-order valence-electron chi connectivity index (χ4n) is 9.51. The zero-order valence-corrected chi connectivity index (χ0v) is 21.1. The number of hydrogen-bond acceptors (Lipinski definition) is 10. The fraction of sp³-hybridized carbons (Fsp3) is 0.333. The number of benzene rings is 2. The maximum atomic E-state index is 14.5. The number of aliphatic hydroxyl groups is 4. The highest BCUT2D eigenvalue weighted by Gasteiger charge is 2.89. The minimum atomic E-state index is -2.25. The summed E-state index contributed by atoms with van der Waals surface area (Å²) in [6.07, 6.45) is -3.37. The molecule has 10 heteroatoms. The van der Waals surface area contributed by atoms with Crippen LogP contribution in [0.15, 0.2) is 35.4 Å². The standard InChI is InChI=1S/C30H22O10/c1-7-3-9-13(11(31)5-7)21(33)17-25(37)20-23(35)15-16-24(36)19(29(15,17)27(9)39)26(38)18-22(34)14-10(28(40)30(16,18)20)4-8(2)6-12(14)32/h3-6,15-16,19-20,23-24,31-36H,1-2H3/t15?,16?,19?,20?,23-,24-,29?,30?/m0/s1. The van der Waals surface area contributed by atoms with Crippen molar-refractivity contribution in [3.8, 4) is 11.5 Å². The minimum absolute atomic E-state index is 0.185. The first-order valence-corrected chi connectivity index (χ1v) is 12.9. The van der Waals surface area contributed by atoms with Crippen molar-refractivity contribution in [1.82, 2.24) is 0 Å². The van der Waals surface area contributed by atoms with Gasteiger partial charge in [0, 0.05) is 23.0 Å². The third-order valence-corrected chi connectivity index (χ3v) is 10.4. The van der Waals surface area contributed by atoms with Gasteiger partial charge in [0.05, 0.1) is 57.1 Å². The highest BCUT2D eigenvalue weighted by molar-refractivity contribution is 6.30. The number of fused-ring (bicyclic) bond motifs is 4. The van der Waals surface area contributed by atoms with Crippen LogP contribution < -0.4 is 0 Å². The van der Waals surface area contributed by atoms with Crippen LogP contribution >= 0.6 is 0 Å². The summed E-state index contributed by atoms with van der Waals surface area (Å²) >= 11 is 0. The number of carbonyl (C=O) groups excluding carboxylic acids is 4. The molecule has 2 aromatic carbocycles. The zero-order chi connectivity index (χ0) is 28.5. The van der Waals surface area contributed by atoms with E-state index in [0.29, 0.717) is 11.1 Å². The largest absolute Gasteiger partial charge is 0.507 e. The van der Waals surface area contributed by atoms with Crippen molar-refractivity contribution in [1.29, 1.82) is 0 Å². The molecule has 4 saturated carbocycles. The smallest absolute Gasteiger partial charge is 0.175 e. The number of phenols is 2. The van der Waals surface area contributed by atoms with Gasteiger partial charge in [0.25, 0.3) is 0 Å². The topological polar surface area (TPSA) is 190 Å². The predicted molar refractivity (Wildman–Crippen MR) is 134 cm³/mol. The number of aliphatic hydroxyl groups excluding tert-OH is 4. The van der Waals surface area contributed by atoms with Crippen LogP contribution in [-0.2, 0) is 9.59 Å². The van der Waals surface area contributed by atoms with Crippen LogP contribution in [0.1, 0.15) is 43.0 Å². The van der Waals surface area contributed by atoms with Crippen LogP contribution in [0.5, 0.6) is 11.5 Å². The average molecular weight is 542 g/mol. The number of ketones is 4. The second kappa shape index (κ2) is 6.54. The molecule has 40 heavy (non-hydrogen) atoms. The summed E-state index contributed by atoms with van der Waals surface area (Å²) in [6.45, 7) is 3.19. The van der Waals surface area contributed by atoms with Crippen LogP contribution in [0.25, 0.3) is 11.5 Å². The molecule has 0 radical (unpaired) electrons. The number of phenolic OH excluding ortho intramolecular Hbond substituents is 2. The molecule has 8 atom stereocenters. The number of aryl methyl sites for hydroxylation is 2. The van der Waals surface area contributed by atoms with E-state index in [0.717, 1.165) is 0 Å². The van der Waals surface area contributed by atoms with Crippen molar-refractivity contribution in [3.05, 3.63) is 68.8 Å². The van der Waals surface area contributed by atoms with Crippen LogP contribution in [0.3, 0.4) is 0 Å². The summed E-state index contributed by atoms with van der Waals surface area (Å²) in [6, 6.07) is 5.37. The second-order valence-corrected chi connectivity index (χ2v) is 12.0. The molecule has 0 saturated heterocycles. The van der Waals surface area contributed by atoms with Gasteiger partial charge in [0.2, 0.25) is 0 Å². The van der Waals surface area contributed by atoms with Crippen LogP contribution in [0.2, 0.25) is 0 Å². The van der Waals surface area contributed by atoms with Crippen molar-refractivity contribution in [2.75, 3.05) is 0 Å². The van der Waals surface area contributed by atoms with Crippen molar-refractivity contribution in [2.24, 2.45) is 34.5 Å². The maximum absolute atomic E-state index is 14.5. The Kier molecular flexibility index (Phi) is 3.86. The molecule has 10 nitrogen and oxygen atoms in total. The van der Waals surface area contributed by atoms with Gasteiger partial charge in [-0.25, -0.2) is 0 Å². The van der Waals surface area contributed by atoms with Gasteiger partial charge in [0.1, 0.15) is 23.0 Å². The molecule has 202 valence electrons. The quantitative estimate of drug-likeness (QED) is 0.286. The Balaban J connectivity index is 1.55. The Hall–Kier alpha value is -4.28. The average Bonchev–Trinajstić information content (AvgIpc) is 3.22. The van der Waals surface area contributed by atoms with Crippen molar-refractivity contribution in [3.63, 3.8) is 0 Å². The molecule has 0 amide bonds. The first-order chi connectivity index (χ1) is 18.8. The number of aromatic hydroxyl groups is 2. The third kappa shape index (κ3) is 1.96. The molecule has 0 aliphatic heterocycles. The Labute approximate surface area is 225 Å². The Morgan fingerprint density at radius 2 is 0.950 bits per heavy atom. The monoisotopic (exact) mass is 542 g/mol. The Morgan fingerprint density at radius 1 is 0.600 bits per heavy atom. The van der Waals surface area contributed by atoms with E-state index in [9.17, 15) is 49.8 Å². The van der Waals surface area contributed by atoms with Crippen LogP contribution in [0.4, 0.5) is 0 Å². The Morgan fingerprint density at radius 3 is 1.30 bits per heavy atom. The number of allylic oxidation sites excluding steroid dienone is 2. The number of Topliss-reactive ketones (excluding diaryl/α,β-unsaturated/α-hetero) is 4. The SMILES string of the molecule is Cc1cc(O)c2c(c1)C(=O)C13C(=C2O)C(=O)C2[C@@H](O)C1C1[C@H](O)C3C(=O)C3=C(O)c4c(O)cc(C)cc4C(=O)C321. The lowest BCUT2D eigenvalue weighted by molar-refractivity contribution is -0.142. The van der Waals surface area contributed by atoms with E-state index in [2.05, 4.69) is 0 Å². The summed E-state index contributed by atoms with van der Waals surface area (Å²) in [5, 5.41) is 67.8. The van der Waals surface area contributed by atoms with E-state index >= 15 is 0 Å². The summed E-state index contributed by atoms with van der Waals surface area (Å²) in [5.41, 5.74) is -5.58. The predicted octanol–water partition coefficient (Wildman–Crippen LogP) is 1.70. The molecule has 2 aromatic rings. The minimum Gasteiger partial charge on any atom is -0.507 e. The molecule has 6 aliphatic rings. The van der Waals surface area contributed by atoms with Gasteiger partial charge >= 0.3 is 0 Å². The summed E-state index contributed by atoms with van der Waals surface area (Å²) in [7, 11) is 0. The normalized spacial score (nSPS) is 38.1. The molecule has 8 rings (SSSR count). The van der Waals surface area contributed by atoms with Gasteiger partial charge in [-0.05, 0) is 49.2 Å². The second-order valence-electron chi connectivity index (χ2n) is 12.0. The van der Waals surface area contributed by atoms with E-state index < -0.39 is 104 Å². The van der Waals surface area contributed by atoms with Gasteiger partial charge in [-0.2, -0.15) is 0 Å². The Bertz CT molecular complexity index is 1680. The van der Waals surface area contributed by atoms with E-state index in [1.165, 1.54) is 24.3 Å². The van der Waals surface area contributed by atoms with Crippen molar-refractivity contribution < 1.29 is 49.8 Å². The number of rotatable bonds is 0. The number of carbonyl (C=O) groups is 4. The van der Waals surface area contributed by atoms with Gasteiger partial charge < -0.3 is 30.6 Å². The van der Waals surface area contributed by atoms with Crippen LogP contribution in [-0.4, -0.2) is 66.0 Å². The van der Waals surface area contributed by atoms with Crippen molar-refractivity contribution >= 4 is 34.7 Å². The lowest BCUT2D eigenvalue weighted by Gasteiger charge is -2.53. The van der Waals surface area contributed by atoms with E-state index in [-0.39, 0.29) is 22.3 Å². The summed E-state index contributed by atoms with van der Waals surface area (Å²) in [4.78, 5) is 57.9. The zero-order valence-electron chi connectivity index (χ0n) is 21.1. The molecule has 4 fully saturated rings. The molecule has 6 unspecified atom stereocenters. The fourth-order valence-corrected chi connectivity index (χ4v) is 9.51. The molecular formula is C30H22O10. The highest BCUT2D eigenvalue weighted by atomic mass is 16.3. The van der Waals surface area contributed by atoms with E-state index in [4.69, 9.17) is 0 Å². The number of hydrogen-bond donors (Lipinski definition) is 6. The molecule has 0 heterocycles. The molecule has 0 aromatic heterocycles. The first-order valence-electron chi connectivity index (χ1n) is 12.9. The third-order valence-electron chi connectivity index (χ3n) is 10.4. The van der Waals surface area contributed by atoms with Gasteiger partial charge in [-0.1, -0.05) is 0 Å². The van der Waals surface area contributed by atoms with E-state index in [1.54, 1.807) is 13.8 Å². The summed E-state index contributed by atoms with van der Waals surface area (Å²) < 4.78 is 0. The van der Waals surface area contributed by atoms with E-state index in [1.807, 2.05) is 0 Å². The molecule has 6 aliphatic carbocycles. The van der Waals surface area contributed by atoms with Gasteiger partial charge in [-0.15, -0.1) is 0 Å². The molecular weight excluding hydrogens is 520 g/mol. The molecule has 2 spiro atoms. The van der Waals surface area contributed by atoms with Crippen LogP contribution in [0, 0.1) is 48.3 Å². The van der Waals surface area contributed by atoms with Crippen molar-refractivity contribution in [2.45, 2.75) is 26.1 Å². The lowest BCUT2D eigenvalue weighted by atomic mass is 9.46. The lowest BCUT2D eigenvalue weighted by Crippen LogP contribution is -2.65. The highest BCUT2D eigenvalue weighted by Crippen LogP contribution is 2.80. The van der Waals surface area contributed by atoms with Gasteiger partial charge in [-0.3, -0.25) is 19.2 Å². The van der Waals surface area contributed by atoms with Gasteiger partial charge in [0.15, 0.2) is 23.1 Å².